The zero-order valence-corrected chi connectivity index (χ0v) is 12.7. The van der Waals surface area contributed by atoms with E-state index in [9.17, 15) is 10.2 Å². The first kappa shape index (κ1) is 14.9. The summed E-state index contributed by atoms with van der Waals surface area (Å²) in [6.45, 7) is 0.166. The van der Waals surface area contributed by atoms with Gasteiger partial charge in [-0.05, 0) is 35.4 Å². The Morgan fingerprint density at radius 2 is 1.57 bits per heavy atom. The number of phenols is 2. The van der Waals surface area contributed by atoms with Gasteiger partial charge in [0.1, 0.15) is 0 Å². The average molecular weight is 316 g/mol. The van der Waals surface area contributed by atoms with Gasteiger partial charge < -0.3 is 29.2 Å². The number of hydrogen-bond acceptors (Lipinski definition) is 6. The zero-order valence-electron chi connectivity index (χ0n) is 12.7. The van der Waals surface area contributed by atoms with Crippen molar-refractivity contribution in [3.05, 3.63) is 35.4 Å². The van der Waals surface area contributed by atoms with Crippen molar-refractivity contribution in [1.29, 1.82) is 0 Å². The Kier molecular flexibility index (Phi) is 3.89. The number of rotatable bonds is 4. The summed E-state index contributed by atoms with van der Waals surface area (Å²) >= 11 is 0. The number of fused-ring (bicyclic) bond motifs is 1. The number of aromatic hydroxyl groups is 2. The summed E-state index contributed by atoms with van der Waals surface area (Å²) in [5.74, 6) is 1.58. The maximum absolute atomic E-state index is 9.80. The molecule has 0 saturated carbocycles. The topological polar surface area (TPSA) is 77.4 Å². The highest BCUT2D eigenvalue weighted by Gasteiger charge is 2.19. The Morgan fingerprint density at radius 1 is 0.913 bits per heavy atom. The second-order valence-electron chi connectivity index (χ2n) is 4.88. The van der Waals surface area contributed by atoms with Crippen molar-refractivity contribution in [3.63, 3.8) is 0 Å². The van der Waals surface area contributed by atoms with Gasteiger partial charge in [0.2, 0.25) is 18.3 Å². The van der Waals surface area contributed by atoms with Crippen LogP contribution in [0.4, 0.5) is 0 Å². The number of methoxy groups -OCH3 is 2. The Morgan fingerprint density at radius 3 is 2.17 bits per heavy atom. The van der Waals surface area contributed by atoms with E-state index in [2.05, 4.69) is 0 Å². The molecule has 0 aromatic heterocycles. The average Bonchev–Trinajstić information content (AvgIpc) is 3.00. The fourth-order valence-corrected chi connectivity index (χ4v) is 2.36. The molecule has 0 saturated heterocycles. The number of hydrogen-bond donors (Lipinski definition) is 2. The van der Waals surface area contributed by atoms with E-state index >= 15 is 0 Å². The second kappa shape index (κ2) is 6.00. The predicted octanol–water partition coefficient (Wildman–Crippen LogP) is 3.01. The third kappa shape index (κ3) is 2.83. The van der Waals surface area contributed by atoms with Gasteiger partial charge in [-0.15, -0.1) is 0 Å². The first-order chi connectivity index (χ1) is 11.1. The van der Waals surface area contributed by atoms with Crippen LogP contribution < -0.4 is 18.9 Å². The molecule has 0 spiro atoms. The molecule has 3 rings (SSSR count). The highest BCUT2D eigenvalue weighted by molar-refractivity contribution is 5.74. The van der Waals surface area contributed by atoms with Gasteiger partial charge in [-0.2, -0.15) is 0 Å². The number of benzene rings is 2. The van der Waals surface area contributed by atoms with Crippen LogP contribution >= 0.6 is 0 Å². The van der Waals surface area contributed by atoms with Gasteiger partial charge in [-0.25, -0.2) is 0 Å². The SMILES string of the molecule is COc1cc(/C=C\c2cc(O)c(OC)c(O)c2)cc2c1OCO2. The summed E-state index contributed by atoms with van der Waals surface area (Å²) in [7, 11) is 2.94. The Labute approximate surface area is 133 Å². The summed E-state index contributed by atoms with van der Waals surface area (Å²) in [6, 6.07) is 6.64. The van der Waals surface area contributed by atoms with Gasteiger partial charge in [0.25, 0.3) is 0 Å². The molecule has 1 aliphatic heterocycles. The van der Waals surface area contributed by atoms with E-state index in [4.69, 9.17) is 18.9 Å². The Hall–Kier alpha value is -3.02. The van der Waals surface area contributed by atoms with Crippen molar-refractivity contribution < 1.29 is 29.2 Å². The molecule has 2 N–H and O–H groups in total. The molecule has 23 heavy (non-hydrogen) atoms. The third-order valence-electron chi connectivity index (χ3n) is 3.43. The Balaban J connectivity index is 1.92. The van der Waals surface area contributed by atoms with Gasteiger partial charge in [0.05, 0.1) is 14.2 Å². The van der Waals surface area contributed by atoms with Crippen molar-refractivity contribution >= 4 is 12.2 Å². The maximum Gasteiger partial charge on any atom is 0.231 e. The molecule has 1 aliphatic rings. The summed E-state index contributed by atoms with van der Waals surface area (Å²) in [5.41, 5.74) is 1.46. The maximum atomic E-state index is 9.80. The normalized spacial score (nSPS) is 12.6. The highest BCUT2D eigenvalue weighted by atomic mass is 16.7. The molecule has 0 fully saturated rings. The van der Waals surface area contributed by atoms with Crippen LogP contribution in [0.15, 0.2) is 24.3 Å². The quantitative estimate of drug-likeness (QED) is 0.844. The van der Waals surface area contributed by atoms with Gasteiger partial charge in [-0.1, -0.05) is 12.2 Å². The lowest BCUT2D eigenvalue weighted by Crippen LogP contribution is -1.93. The zero-order chi connectivity index (χ0) is 16.4. The minimum absolute atomic E-state index is 0.0481. The van der Waals surface area contributed by atoms with Crippen LogP contribution in [0.5, 0.6) is 34.5 Å². The summed E-state index contributed by atoms with van der Waals surface area (Å²) < 4.78 is 20.9. The minimum Gasteiger partial charge on any atom is -0.504 e. The molecule has 0 aliphatic carbocycles. The van der Waals surface area contributed by atoms with Gasteiger partial charge in [0.15, 0.2) is 23.0 Å². The van der Waals surface area contributed by atoms with Crippen molar-refractivity contribution in [3.8, 4) is 34.5 Å². The standard InChI is InChI=1S/C17H16O6/c1-20-14-7-11(8-15-17(14)23-9-22-15)4-3-10-5-12(18)16(21-2)13(19)6-10/h3-8,18-19H,9H2,1-2H3/b4-3-. The van der Waals surface area contributed by atoms with Crippen LogP contribution in [0, 0.1) is 0 Å². The summed E-state index contributed by atoms with van der Waals surface area (Å²) in [5, 5.41) is 19.6. The molecule has 0 radical (unpaired) electrons. The van der Waals surface area contributed by atoms with E-state index in [1.165, 1.54) is 19.2 Å². The molecule has 0 unspecified atom stereocenters. The predicted molar refractivity (Wildman–Crippen MR) is 84.4 cm³/mol. The van der Waals surface area contributed by atoms with E-state index in [0.29, 0.717) is 22.8 Å². The fourth-order valence-electron chi connectivity index (χ4n) is 2.36. The van der Waals surface area contributed by atoms with E-state index < -0.39 is 0 Å². The fraction of sp³-hybridized carbons (Fsp3) is 0.176. The molecule has 120 valence electrons. The second-order valence-corrected chi connectivity index (χ2v) is 4.88. The van der Waals surface area contributed by atoms with Crippen molar-refractivity contribution in [2.75, 3.05) is 21.0 Å². The van der Waals surface area contributed by atoms with Crippen molar-refractivity contribution in [2.45, 2.75) is 0 Å². The Bertz CT molecular complexity index is 743. The molecule has 0 bridgehead atoms. The lowest BCUT2D eigenvalue weighted by atomic mass is 10.1. The smallest absolute Gasteiger partial charge is 0.231 e. The third-order valence-corrected chi connectivity index (χ3v) is 3.43. The van der Waals surface area contributed by atoms with Crippen molar-refractivity contribution in [2.24, 2.45) is 0 Å². The largest absolute Gasteiger partial charge is 0.504 e. The molecule has 2 aromatic carbocycles. The number of ether oxygens (including phenoxy) is 4. The molecule has 6 nitrogen and oxygen atoms in total. The van der Waals surface area contributed by atoms with Crippen molar-refractivity contribution in [1.82, 2.24) is 0 Å². The first-order valence-electron chi connectivity index (χ1n) is 6.88. The van der Waals surface area contributed by atoms with Crippen LogP contribution in [0.25, 0.3) is 12.2 Å². The lowest BCUT2D eigenvalue weighted by molar-refractivity contribution is 0.171. The molecule has 2 aromatic rings. The summed E-state index contributed by atoms with van der Waals surface area (Å²) in [4.78, 5) is 0. The van der Waals surface area contributed by atoms with Crippen LogP contribution in [0.1, 0.15) is 11.1 Å². The minimum atomic E-state index is -0.129. The van der Waals surface area contributed by atoms with E-state index in [-0.39, 0.29) is 24.0 Å². The molecule has 0 amide bonds. The van der Waals surface area contributed by atoms with Gasteiger partial charge in [0, 0.05) is 0 Å². The lowest BCUT2D eigenvalue weighted by Gasteiger charge is -2.07. The molecule has 6 heteroatoms. The molecule has 0 atom stereocenters. The van der Waals surface area contributed by atoms with Crippen LogP contribution in [-0.4, -0.2) is 31.2 Å². The van der Waals surface area contributed by atoms with E-state index in [1.807, 2.05) is 18.2 Å². The monoisotopic (exact) mass is 316 g/mol. The molecular weight excluding hydrogens is 300 g/mol. The van der Waals surface area contributed by atoms with E-state index in [0.717, 1.165) is 5.56 Å². The summed E-state index contributed by atoms with van der Waals surface area (Å²) in [6.07, 6.45) is 3.56. The van der Waals surface area contributed by atoms with E-state index in [1.54, 1.807) is 13.2 Å². The van der Waals surface area contributed by atoms with Gasteiger partial charge >= 0.3 is 0 Å². The van der Waals surface area contributed by atoms with Crippen LogP contribution in [0.3, 0.4) is 0 Å². The first-order valence-corrected chi connectivity index (χ1v) is 6.88. The molecular formula is C17H16O6. The van der Waals surface area contributed by atoms with Gasteiger partial charge in [-0.3, -0.25) is 0 Å². The van der Waals surface area contributed by atoms with Crippen LogP contribution in [0.2, 0.25) is 0 Å². The highest BCUT2D eigenvalue weighted by Crippen LogP contribution is 2.42. The van der Waals surface area contributed by atoms with Crippen LogP contribution in [-0.2, 0) is 0 Å². The number of phenolic OH excluding ortho intramolecular Hbond substituents is 2. The molecule has 1 heterocycles.